The van der Waals surface area contributed by atoms with Crippen LogP contribution in [0.3, 0.4) is 0 Å². The molecule has 1 unspecified atom stereocenters. The summed E-state index contributed by atoms with van der Waals surface area (Å²) in [6.07, 6.45) is 2.08. The van der Waals surface area contributed by atoms with Crippen molar-refractivity contribution in [2.75, 3.05) is 17.3 Å². The highest BCUT2D eigenvalue weighted by atomic mass is 35.5. The van der Waals surface area contributed by atoms with Gasteiger partial charge in [0, 0.05) is 23.4 Å². The first-order chi connectivity index (χ1) is 9.19. The van der Waals surface area contributed by atoms with Crippen LogP contribution in [0, 0.1) is 0 Å². The zero-order valence-electron chi connectivity index (χ0n) is 10.9. The molecule has 0 saturated heterocycles. The molecule has 1 aromatic heterocycles. The lowest BCUT2D eigenvalue weighted by atomic mass is 10.2. The molecule has 0 aliphatic carbocycles. The zero-order valence-corrected chi connectivity index (χ0v) is 12.5. The summed E-state index contributed by atoms with van der Waals surface area (Å²) in [5.41, 5.74) is 0.963. The summed E-state index contributed by atoms with van der Waals surface area (Å²) in [5.74, 6) is 2.43. The highest BCUT2D eigenvalue weighted by Gasteiger charge is 2.07. The van der Waals surface area contributed by atoms with Crippen molar-refractivity contribution in [3.8, 4) is 11.4 Å². The van der Waals surface area contributed by atoms with Gasteiger partial charge in [-0.25, -0.2) is 9.97 Å². The zero-order chi connectivity index (χ0) is 13.7. The maximum Gasteiger partial charge on any atom is 0.163 e. The molecule has 19 heavy (non-hydrogen) atoms. The van der Waals surface area contributed by atoms with Gasteiger partial charge in [0.05, 0.1) is 0 Å². The Morgan fingerprint density at radius 1 is 1.26 bits per heavy atom. The molecule has 0 saturated carbocycles. The molecular weight excluding hydrogens is 278 g/mol. The van der Waals surface area contributed by atoms with E-state index in [-0.39, 0.29) is 0 Å². The Morgan fingerprint density at radius 3 is 2.68 bits per heavy atom. The molecule has 0 fully saturated rings. The van der Waals surface area contributed by atoms with Crippen molar-refractivity contribution in [2.24, 2.45) is 0 Å². The van der Waals surface area contributed by atoms with Gasteiger partial charge in [-0.1, -0.05) is 41.9 Å². The van der Waals surface area contributed by atoms with E-state index in [1.54, 1.807) is 17.8 Å². The highest BCUT2D eigenvalue weighted by molar-refractivity contribution is 7.98. The molecule has 1 aromatic carbocycles. The first-order valence-corrected chi connectivity index (χ1v) is 7.81. The molecule has 1 N–H and O–H groups in total. The monoisotopic (exact) mass is 293 g/mol. The van der Waals surface area contributed by atoms with Crippen molar-refractivity contribution in [2.45, 2.75) is 13.0 Å². The summed E-state index contributed by atoms with van der Waals surface area (Å²) < 4.78 is 0. The third-order valence-electron chi connectivity index (χ3n) is 2.54. The summed E-state index contributed by atoms with van der Waals surface area (Å²) in [5, 5.41) is 3.79. The van der Waals surface area contributed by atoms with Crippen LogP contribution in [0.5, 0.6) is 0 Å². The minimum atomic E-state index is 0.338. The fraction of sp³-hybridized carbons (Fsp3) is 0.286. The summed E-state index contributed by atoms with van der Waals surface area (Å²) in [6, 6.07) is 11.9. The highest BCUT2D eigenvalue weighted by Crippen LogP contribution is 2.20. The van der Waals surface area contributed by atoms with Crippen LogP contribution in [0.2, 0.25) is 5.15 Å². The normalized spacial score (nSPS) is 12.2. The Morgan fingerprint density at radius 2 is 2.00 bits per heavy atom. The third kappa shape index (κ3) is 4.11. The van der Waals surface area contributed by atoms with Gasteiger partial charge in [-0.15, -0.1) is 0 Å². The van der Waals surface area contributed by atoms with E-state index in [2.05, 4.69) is 28.5 Å². The van der Waals surface area contributed by atoms with Crippen LogP contribution in [0.1, 0.15) is 6.92 Å². The van der Waals surface area contributed by atoms with Crippen molar-refractivity contribution in [3.05, 3.63) is 41.6 Å². The van der Waals surface area contributed by atoms with Gasteiger partial charge in [0.2, 0.25) is 0 Å². The average Bonchev–Trinajstić information content (AvgIpc) is 2.39. The molecule has 2 aromatic rings. The standard InChI is InChI=1S/C14H16ClN3S/c1-10(9-19-2)16-13-8-12(15)17-14(18-13)11-6-4-3-5-7-11/h3-8,10H,9H2,1-2H3,(H,16,17,18). The number of benzene rings is 1. The van der Waals surface area contributed by atoms with Gasteiger partial charge in [0.1, 0.15) is 11.0 Å². The maximum atomic E-state index is 6.06. The van der Waals surface area contributed by atoms with Gasteiger partial charge < -0.3 is 5.32 Å². The Bertz CT molecular complexity index is 533. The fourth-order valence-electron chi connectivity index (χ4n) is 1.75. The van der Waals surface area contributed by atoms with Crippen LogP contribution in [0.4, 0.5) is 5.82 Å². The van der Waals surface area contributed by atoms with Crippen LogP contribution in [0.15, 0.2) is 36.4 Å². The van der Waals surface area contributed by atoms with Gasteiger partial charge in [-0.2, -0.15) is 11.8 Å². The van der Waals surface area contributed by atoms with E-state index in [0.29, 0.717) is 17.0 Å². The average molecular weight is 294 g/mol. The Hall–Kier alpha value is -1.26. The number of nitrogens with one attached hydrogen (secondary N) is 1. The minimum absolute atomic E-state index is 0.338. The van der Waals surface area contributed by atoms with Gasteiger partial charge in [-0.05, 0) is 13.2 Å². The quantitative estimate of drug-likeness (QED) is 0.847. The van der Waals surface area contributed by atoms with Crippen molar-refractivity contribution in [1.29, 1.82) is 0 Å². The lowest BCUT2D eigenvalue weighted by Gasteiger charge is -2.14. The second kappa shape index (κ2) is 6.78. The van der Waals surface area contributed by atoms with Crippen LogP contribution in [-0.4, -0.2) is 28.0 Å². The largest absolute Gasteiger partial charge is 0.367 e. The molecule has 0 aliphatic rings. The topological polar surface area (TPSA) is 37.8 Å². The summed E-state index contributed by atoms with van der Waals surface area (Å²) >= 11 is 7.86. The van der Waals surface area contributed by atoms with Gasteiger partial charge in [0.25, 0.3) is 0 Å². The molecule has 0 amide bonds. The predicted molar refractivity (Wildman–Crippen MR) is 83.9 cm³/mol. The summed E-state index contributed by atoms with van der Waals surface area (Å²) in [6.45, 7) is 2.12. The predicted octanol–water partition coefficient (Wildman–Crippen LogP) is 3.96. The number of rotatable bonds is 5. The molecule has 3 nitrogen and oxygen atoms in total. The van der Waals surface area contributed by atoms with Crippen molar-refractivity contribution < 1.29 is 0 Å². The molecule has 0 radical (unpaired) electrons. The molecule has 0 aliphatic heterocycles. The molecule has 1 atom stereocenters. The van der Waals surface area contributed by atoms with E-state index in [9.17, 15) is 0 Å². The summed E-state index contributed by atoms with van der Waals surface area (Å²) in [4.78, 5) is 8.78. The van der Waals surface area contributed by atoms with Crippen LogP contribution < -0.4 is 5.32 Å². The minimum Gasteiger partial charge on any atom is -0.367 e. The van der Waals surface area contributed by atoms with Gasteiger partial charge in [-0.3, -0.25) is 0 Å². The van der Waals surface area contributed by atoms with Gasteiger partial charge in [0.15, 0.2) is 5.82 Å². The number of nitrogens with zero attached hydrogens (tertiary/aromatic N) is 2. The number of halogens is 1. The number of hydrogen-bond acceptors (Lipinski definition) is 4. The second-order valence-corrected chi connectivity index (χ2v) is 5.56. The third-order valence-corrected chi connectivity index (χ3v) is 3.56. The second-order valence-electron chi connectivity index (χ2n) is 4.27. The Balaban J connectivity index is 2.25. The Kier molecular flexibility index (Phi) is 5.05. The molecule has 5 heteroatoms. The fourth-order valence-corrected chi connectivity index (χ4v) is 2.52. The summed E-state index contributed by atoms with van der Waals surface area (Å²) in [7, 11) is 0. The molecular formula is C14H16ClN3S. The molecule has 2 rings (SSSR count). The first-order valence-electron chi connectivity index (χ1n) is 6.04. The van der Waals surface area contributed by atoms with Crippen molar-refractivity contribution in [1.82, 2.24) is 9.97 Å². The molecule has 0 bridgehead atoms. The van der Waals surface area contributed by atoms with E-state index >= 15 is 0 Å². The molecule has 0 spiro atoms. The van der Waals surface area contributed by atoms with Crippen LogP contribution in [-0.2, 0) is 0 Å². The number of anilines is 1. The lowest BCUT2D eigenvalue weighted by Crippen LogP contribution is -2.18. The van der Waals surface area contributed by atoms with Gasteiger partial charge >= 0.3 is 0 Å². The molecule has 1 heterocycles. The first kappa shape index (κ1) is 14.2. The Labute approximate surface area is 122 Å². The van der Waals surface area contributed by atoms with E-state index in [4.69, 9.17) is 11.6 Å². The van der Waals surface area contributed by atoms with Crippen molar-refractivity contribution >= 4 is 29.2 Å². The van der Waals surface area contributed by atoms with E-state index in [1.165, 1.54) is 0 Å². The van der Waals surface area contributed by atoms with Crippen LogP contribution >= 0.6 is 23.4 Å². The van der Waals surface area contributed by atoms with Crippen molar-refractivity contribution in [3.63, 3.8) is 0 Å². The smallest absolute Gasteiger partial charge is 0.163 e. The SMILES string of the molecule is CSCC(C)Nc1cc(Cl)nc(-c2ccccc2)n1. The maximum absolute atomic E-state index is 6.06. The molecule has 100 valence electrons. The van der Waals surface area contributed by atoms with Crippen LogP contribution in [0.25, 0.3) is 11.4 Å². The van der Waals surface area contributed by atoms with E-state index in [1.807, 2.05) is 30.3 Å². The number of thioether (sulfide) groups is 1. The van der Waals surface area contributed by atoms with E-state index < -0.39 is 0 Å². The lowest BCUT2D eigenvalue weighted by molar-refractivity contribution is 0.901. The number of aromatic nitrogens is 2. The van der Waals surface area contributed by atoms with E-state index in [0.717, 1.165) is 17.1 Å². The number of hydrogen-bond donors (Lipinski definition) is 1.